The van der Waals surface area contributed by atoms with Gasteiger partial charge in [0.05, 0.1) is 36.5 Å². The summed E-state index contributed by atoms with van der Waals surface area (Å²) in [5, 5.41) is 0. The molecule has 0 radical (unpaired) electrons. The summed E-state index contributed by atoms with van der Waals surface area (Å²) in [6.45, 7) is 3.70. The minimum Gasteiger partial charge on any atom is -0.496 e. The number of sulfonamides is 1. The lowest BCUT2D eigenvalue weighted by atomic mass is 10.1. The highest BCUT2D eigenvalue weighted by Gasteiger charge is 2.39. The van der Waals surface area contributed by atoms with Crippen LogP contribution in [0.1, 0.15) is 30.6 Å². The van der Waals surface area contributed by atoms with E-state index in [1.165, 1.54) is 36.7 Å². The molecule has 3 aromatic rings. The fraction of sp³-hybridized carbons (Fsp3) is 0.273. The molecule has 0 aliphatic carbocycles. The number of hydrogen-bond donors (Lipinski definition) is 0. The maximum Gasteiger partial charge on any atom is 0.265 e. The summed E-state index contributed by atoms with van der Waals surface area (Å²) in [4.78, 5) is 0.126. The molecule has 0 amide bonds. The van der Waals surface area contributed by atoms with E-state index < -0.39 is 21.9 Å². The van der Waals surface area contributed by atoms with Crippen molar-refractivity contribution in [3.05, 3.63) is 65.7 Å². The van der Waals surface area contributed by atoms with Crippen LogP contribution in [0.2, 0.25) is 0 Å². The maximum absolute atomic E-state index is 14.7. The highest BCUT2D eigenvalue weighted by Crippen LogP contribution is 2.45. The molecular formula is C22H23FN2O4S. The van der Waals surface area contributed by atoms with Gasteiger partial charge in [0.25, 0.3) is 10.0 Å². The monoisotopic (exact) mass is 430 g/mol. The summed E-state index contributed by atoms with van der Waals surface area (Å²) in [5.41, 5.74) is 2.34. The number of fused-ring (bicyclic) bond motifs is 3. The summed E-state index contributed by atoms with van der Waals surface area (Å²) in [6, 6.07) is 10.7. The lowest BCUT2D eigenvalue weighted by molar-refractivity contribution is 0.386. The van der Waals surface area contributed by atoms with E-state index >= 15 is 0 Å². The molecule has 158 valence electrons. The molecule has 8 heteroatoms. The third kappa shape index (κ3) is 2.94. The van der Waals surface area contributed by atoms with Gasteiger partial charge in [-0.25, -0.2) is 12.8 Å². The number of nitrogens with zero attached hydrogens (tertiary/aromatic N) is 2. The highest BCUT2D eigenvalue weighted by molar-refractivity contribution is 7.92. The molecule has 1 aliphatic rings. The Hall–Kier alpha value is -3.00. The van der Waals surface area contributed by atoms with Gasteiger partial charge in [-0.3, -0.25) is 4.31 Å². The minimum absolute atomic E-state index is 0.0565. The van der Waals surface area contributed by atoms with Crippen molar-refractivity contribution >= 4 is 15.7 Å². The van der Waals surface area contributed by atoms with Gasteiger partial charge < -0.3 is 14.0 Å². The van der Waals surface area contributed by atoms with Crippen LogP contribution in [-0.2, 0) is 10.0 Å². The van der Waals surface area contributed by atoms with Crippen molar-refractivity contribution in [1.82, 2.24) is 4.57 Å². The first-order valence-electron chi connectivity index (χ1n) is 9.57. The molecule has 1 aromatic heterocycles. The molecule has 0 fully saturated rings. The molecule has 1 unspecified atom stereocenters. The van der Waals surface area contributed by atoms with Crippen molar-refractivity contribution in [3.8, 4) is 17.2 Å². The third-order valence-electron chi connectivity index (χ3n) is 5.46. The highest BCUT2D eigenvalue weighted by atomic mass is 32.2. The second-order valence-corrected chi connectivity index (χ2v) is 8.95. The Bertz CT molecular complexity index is 1220. The molecule has 2 aromatic carbocycles. The van der Waals surface area contributed by atoms with E-state index in [1.54, 1.807) is 19.1 Å². The Balaban J connectivity index is 1.97. The topological polar surface area (TPSA) is 60.8 Å². The number of rotatable bonds is 5. The maximum atomic E-state index is 14.7. The third-order valence-corrected chi connectivity index (χ3v) is 7.28. The van der Waals surface area contributed by atoms with E-state index in [2.05, 4.69) is 0 Å². The number of hydrogen-bond acceptors (Lipinski definition) is 4. The zero-order chi connectivity index (χ0) is 21.6. The van der Waals surface area contributed by atoms with Gasteiger partial charge in [-0.15, -0.1) is 0 Å². The second kappa shape index (κ2) is 7.36. The van der Waals surface area contributed by atoms with E-state index in [0.717, 1.165) is 5.69 Å². The zero-order valence-electron chi connectivity index (χ0n) is 17.2. The smallest absolute Gasteiger partial charge is 0.265 e. The first kappa shape index (κ1) is 20.3. The van der Waals surface area contributed by atoms with E-state index in [-0.39, 0.29) is 16.3 Å². The molecular weight excluding hydrogens is 407 g/mol. The van der Waals surface area contributed by atoms with Gasteiger partial charge in [-0.2, -0.15) is 0 Å². The number of anilines is 1. The fourth-order valence-corrected chi connectivity index (χ4v) is 5.82. The summed E-state index contributed by atoms with van der Waals surface area (Å²) in [7, 11) is -1.07. The first-order chi connectivity index (χ1) is 14.3. The van der Waals surface area contributed by atoms with E-state index in [0.29, 0.717) is 23.4 Å². The van der Waals surface area contributed by atoms with Crippen LogP contribution in [-0.4, -0.2) is 27.2 Å². The van der Waals surface area contributed by atoms with Crippen molar-refractivity contribution in [2.24, 2.45) is 0 Å². The molecule has 0 saturated heterocycles. The van der Waals surface area contributed by atoms with Gasteiger partial charge in [-0.05, 0) is 49.2 Å². The zero-order valence-corrected chi connectivity index (χ0v) is 18.0. The van der Waals surface area contributed by atoms with Crippen LogP contribution in [0.5, 0.6) is 11.5 Å². The van der Waals surface area contributed by atoms with Gasteiger partial charge in [0, 0.05) is 24.0 Å². The molecule has 0 N–H and O–H groups in total. The van der Waals surface area contributed by atoms with Crippen LogP contribution in [0.15, 0.2) is 53.6 Å². The van der Waals surface area contributed by atoms with Crippen LogP contribution in [0.25, 0.3) is 5.69 Å². The summed E-state index contributed by atoms with van der Waals surface area (Å²) < 4.78 is 55.8. The Kier molecular flexibility index (Phi) is 4.97. The Labute approximate surface area is 175 Å². The van der Waals surface area contributed by atoms with Crippen LogP contribution in [0.3, 0.4) is 0 Å². The van der Waals surface area contributed by atoms with Crippen molar-refractivity contribution in [1.29, 1.82) is 0 Å². The Morgan fingerprint density at radius 1 is 1.03 bits per heavy atom. The number of ether oxygens (including phenoxy) is 2. The summed E-state index contributed by atoms with van der Waals surface area (Å²) in [5.74, 6) is 0.0403. The van der Waals surface area contributed by atoms with Crippen molar-refractivity contribution in [2.45, 2.75) is 31.2 Å². The first-order valence-corrected chi connectivity index (χ1v) is 11.0. The molecule has 0 bridgehead atoms. The summed E-state index contributed by atoms with van der Waals surface area (Å²) >= 11 is 0. The standard InChI is InChI=1S/C22H23FN2O4S/c1-5-17-18-7-6-10-24(18)19-13-22(29-4)16(23)12-20(19)25(17)30(26,27)15-8-9-21(28-3)14(2)11-15/h6-13,17H,5H2,1-4H3. The number of benzene rings is 2. The van der Waals surface area contributed by atoms with Crippen molar-refractivity contribution < 1.29 is 22.3 Å². The number of aryl methyl sites for hydroxylation is 1. The predicted molar refractivity (Wildman–Crippen MR) is 113 cm³/mol. The Morgan fingerprint density at radius 3 is 2.40 bits per heavy atom. The van der Waals surface area contributed by atoms with Gasteiger partial charge >= 0.3 is 0 Å². The van der Waals surface area contributed by atoms with Crippen LogP contribution in [0.4, 0.5) is 10.1 Å². The quantitative estimate of drug-likeness (QED) is 0.594. The SMILES string of the molecule is CCC1c2cccn2-c2cc(OC)c(F)cc2N1S(=O)(=O)c1ccc(OC)c(C)c1. The number of halogens is 1. The summed E-state index contributed by atoms with van der Waals surface area (Å²) in [6.07, 6.45) is 2.36. The van der Waals surface area contributed by atoms with Gasteiger partial charge in [0.1, 0.15) is 5.75 Å². The fourth-order valence-electron chi connectivity index (χ4n) is 4.03. The van der Waals surface area contributed by atoms with Gasteiger partial charge in [-0.1, -0.05) is 6.92 Å². The molecule has 4 rings (SSSR count). The largest absolute Gasteiger partial charge is 0.496 e. The van der Waals surface area contributed by atoms with Crippen LogP contribution in [0, 0.1) is 12.7 Å². The van der Waals surface area contributed by atoms with E-state index in [1.807, 2.05) is 29.8 Å². The molecule has 1 atom stereocenters. The lowest BCUT2D eigenvalue weighted by Crippen LogP contribution is -2.39. The molecule has 2 heterocycles. The number of methoxy groups -OCH3 is 2. The predicted octanol–water partition coefficient (Wildman–Crippen LogP) is 4.60. The molecule has 0 saturated carbocycles. The average molecular weight is 431 g/mol. The molecule has 30 heavy (non-hydrogen) atoms. The Morgan fingerprint density at radius 2 is 1.77 bits per heavy atom. The minimum atomic E-state index is -3.98. The van der Waals surface area contributed by atoms with Gasteiger partial charge in [0.15, 0.2) is 11.6 Å². The van der Waals surface area contributed by atoms with Crippen LogP contribution >= 0.6 is 0 Å². The normalized spacial score (nSPS) is 15.5. The van der Waals surface area contributed by atoms with Gasteiger partial charge in [0.2, 0.25) is 0 Å². The average Bonchev–Trinajstić information content (AvgIpc) is 3.21. The van der Waals surface area contributed by atoms with E-state index in [9.17, 15) is 12.8 Å². The second-order valence-electron chi connectivity index (χ2n) is 7.13. The van der Waals surface area contributed by atoms with Crippen molar-refractivity contribution in [3.63, 3.8) is 0 Å². The number of aromatic nitrogens is 1. The lowest BCUT2D eigenvalue weighted by Gasteiger charge is -2.38. The molecule has 0 spiro atoms. The molecule has 6 nitrogen and oxygen atoms in total. The van der Waals surface area contributed by atoms with E-state index in [4.69, 9.17) is 9.47 Å². The van der Waals surface area contributed by atoms with Crippen molar-refractivity contribution in [2.75, 3.05) is 18.5 Å². The molecule has 1 aliphatic heterocycles. The van der Waals surface area contributed by atoms with Crippen LogP contribution < -0.4 is 13.8 Å².